The summed E-state index contributed by atoms with van der Waals surface area (Å²) in [6, 6.07) is 9.97. The minimum Gasteiger partial charge on any atom is -0.392 e. The molecule has 5 rings (SSSR count). The molecule has 0 unspecified atom stereocenters. The number of thiazole rings is 1. The molecule has 2 aromatic heterocycles. The number of aliphatic hydroxyl groups excluding tert-OH is 1. The molecule has 0 spiro atoms. The molecule has 2 amide bonds. The van der Waals surface area contributed by atoms with Crippen LogP contribution in [0.3, 0.4) is 0 Å². The lowest BCUT2D eigenvalue weighted by atomic mass is 9.53. The van der Waals surface area contributed by atoms with Gasteiger partial charge in [-0.1, -0.05) is 51.1 Å². The molecule has 1 saturated carbocycles. The summed E-state index contributed by atoms with van der Waals surface area (Å²) in [4.78, 5) is 41.7. The first-order valence-electron chi connectivity index (χ1n) is 13.2. The van der Waals surface area contributed by atoms with Crippen LogP contribution in [-0.4, -0.2) is 49.9 Å². The summed E-state index contributed by atoms with van der Waals surface area (Å²) in [7, 11) is 1.84. The number of aliphatic hydroxyl groups is 1. The van der Waals surface area contributed by atoms with Crippen molar-refractivity contribution in [3.05, 3.63) is 70.8 Å². The number of aromatic nitrogens is 3. The van der Waals surface area contributed by atoms with Crippen molar-refractivity contribution in [2.45, 2.75) is 58.6 Å². The molecule has 8 nitrogen and oxygen atoms in total. The summed E-state index contributed by atoms with van der Waals surface area (Å²) in [6.07, 6.45) is 6.36. The number of hydrogen-bond acceptors (Lipinski definition) is 7. The minimum absolute atomic E-state index is 0.00400. The Labute approximate surface area is 227 Å². The van der Waals surface area contributed by atoms with Crippen LogP contribution in [0.15, 0.2) is 48.9 Å². The number of nitrogens with zero attached hydrogens (tertiary/aromatic N) is 4. The predicted octanol–water partition coefficient (Wildman–Crippen LogP) is 4.53. The highest BCUT2D eigenvalue weighted by atomic mass is 32.1. The highest BCUT2D eigenvalue weighted by Crippen LogP contribution is 2.57. The van der Waals surface area contributed by atoms with E-state index in [2.05, 4.69) is 29.1 Å². The maximum Gasteiger partial charge on any atom is 0.277 e. The number of amides is 2. The molecular formula is C29H35N5O3S. The zero-order valence-corrected chi connectivity index (χ0v) is 23.1. The van der Waals surface area contributed by atoms with Crippen LogP contribution in [0.2, 0.25) is 0 Å². The molecule has 2 N–H and O–H groups in total. The number of carbonyl (C=O) groups excluding carboxylic acids is 2. The van der Waals surface area contributed by atoms with Crippen LogP contribution in [-0.2, 0) is 17.8 Å². The number of hydrogen-bond donors (Lipinski definition) is 2. The van der Waals surface area contributed by atoms with Gasteiger partial charge >= 0.3 is 0 Å². The van der Waals surface area contributed by atoms with Crippen LogP contribution in [0.4, 0.5) is 5.13 Å². The van der Waals surface area contributed by atoms with Gasteiger partial charge in [-0.3, -0.25) is 19.9 Å². The van der Waals surface area contributed by atoms with E-state index in [1.165, 1.54) is 29.9 Å². The summed E-state index contributed by atoms with van der Waals surface area (Å²) in [5, 5.41) is 15.1. The lowest BCUT2D eigenvalue weighted by molar-refractivity contribution is -0.144. The van der Waals surface area contributed by atoms with Crippen LogP contribution in [0, 0.1) is 23.2 Å². The zero-order chi connectivity index (χ0) is 27.0. The van der Waals surface area contributed by atoms with Crippen molar-refractivity contribution in [2.24, 2.45) is 23.2 Å². The van der Waals surface area contributed by atoms with E-state index >= 15 is 0 Å². The average molecular weight is 534 g/mol. The fourth-order valence-electron chi connectivity index (χ4n) is 6.64. The van der Waals surface area contributed by atoms with Gasteiger partial charge in [-0.05, 0) is 42.1 Å². The number of fused-ring (bicyclic) bond motifs is 2. The molecule has 0 radical (unpaired) electrons. The highest BCUT2D eigenvalue weighted by molar-refractivity contribution is 7.15. The molecule has 9 heteroatoms. The highest BCUT2D eigenvalue weighted by Gasteiger charge is 2.54. The molecule has 0 aliphatic heterocycles. The van der Waals surface area contributed by atoms with Crippen molar-refractivity contribution >= 4 is 28.3 Å². The third-order valence-electron chi connectivity index (χ3n) is 8.61. The Morgan fingerprint density at radius 2 is 2.03 bits per heavy atom. The summed E-state index contributed by atoms with van der Waals surface area (Å²) < 4.78 is 0. The molecule has 3 aromatic rings. The molecule has 1 aromatic carbocycles. The average Bonchev–Trinajstić information content (AvgIpc) is 3.30. The molecular weight excluding hydrogens is 498 g/mol. The summed E-state index contributed by atoms with van der Waals surface area (Å²) in [6.45, 7) is 6.88. The maximum absolute atomic E-state index is 13.4. The van der Waals surface area contributed by atoms with Crippen LogP contribution < -0.4 is 5.32 Å². The SMILES string of the molecule is C[C@H](C(=O)N(C)Cc1ccccc1)[C@H]1CC[C@@]2(C)Cc3sc(NC(=O)c4cnccn4)nc3[C@@H](C)[C@@H]2[C@H]1O. The monoisotopic (exact) mass is 533 g/mol. The van der Waals surface area contributed by atoms with E-state index in [-0.39, 0.29) is 46.6 Å². The summed E-state index contributed by atoms with van der Waals surface area (Å²) in [5.41, 5.74) is 2.17. The van der Waals surface area contributed by atoms with E-state index in [4.69, 9.17) is 4.98 Å². The van der Waals surface area contributed by atoms with Gasteiger partial charge in [-0.15, -0.1) is 11.3 Å². The third-order valence-corrected chi connectivity index (χ3v) is 9.60. The first-order chi connectivity index (χ1) is 18.2. The van der Waals surface area contributed by atoms with Crippen molar-refractivity contribution in [1.29, 1.82) is 0 Å². The lowest BCUT2D eigenvalue weighted by Gasteiger charge is -2.53. The predicted molar refractivity (Wildman–Crippen MR) is 147 cm³/mol. The second-order valence-electron chi connectivity index (χ2n) is 11.2. The standard InChI is InChI=1S/C29H35N5O3S/c1-17(27(37)34(4)16-19-8-6-5-7-9-19)20-10-11-29(3)14-22-24(18(2)23(29)25(20)35)32-28(38-22)33-26(36)21-15-30-12-13-31-21/h5-9,12-13,15,17-18,20,23,25,35H,10-11,14,16H2,1-4H3,(H,32,33,36)/t17-,18-,20+,23+,25-,29-/m0/s1. The fraction of sp³-hybridized carbons (Fsp3) is 0.483. The fourth-order valence-corrected chi connectivity index (χ4v) is 7.90. The van der Waals surface area contributed by atoms with Gasteiger partial charge in [0.15, 0.2) is 5.13 Å². The maximum atomic E-state index is 13.4. The molecule has 1 fully saturated rings. The molecule has 0 bridgehead atoms. The molecule has 2 aliphatic carbocycles. The quantitative estimate of drug-likeness (QED) is 0.482. The molecule has 38 heavy (non-hydrogen) atoms. The third kappa shape index (κ3) is 4.97. The van der Waals surface area contributed by atoms with Crippen LogP contribution in [0.1, 0.15) is 66.2 Å². The van der Waals surface area contributed by atoms with E-state index in [1.54, 1.807) is 4.90 Å². The molecule has 200 valence electrons. The van der Waals surface area contributed by atoms with Gasteiger partial charge in [-0.25, -0.2) is 9.97 Å². The van der Waals surface area contributed by atoms with Crippen LogP contribution >= 0.6 is 11.3 Å². The molecule has 0 saturated heterocycles. The van der Waals surface area contributed by atoms with Gasteiger partial charge in [0.2, 0.25) is 5.91 Å². The van der Waals surface area contributed by atoms with Gasteiger partial charge in [0, 0.05) is 42.7 Å². The van der Waals surface area contributed by atoms with Crippen LogP contribution in [0.25, 0.3) is 0 Å². The number of anilines is 1. The Hall–Kier alpha value is -3.17. The summed E-state index contributed by atoms with van der Waals surface area (Å²) in [5.74, 6) is -0.689. The van der Waals surface area contributed by atoms with Crippen molar-refractivity contribution < 1.29 is 14.7 Å². The van der Waals surface area contributed by atoms with Crippen molar-refractivity contribution in [3.63, 3.8) is 0 Å². The number of nitrogens with one attached hydrogen (secondary N) is 1. The Balaban J connectivity index is 1.31. The van der Waals surface area contributed by atoms with Gasteiger partial charge in [0.25, 0.3) is 5.91 Å². The Kier molecular flexibility index (Phi) is 7.33. The first kappa shape index (κ1) is 26.4. The molecule has 2 aliphatic rings. The first-order valence-corrected chi connectivity index (χ1v) is 14.0. The van der Waals surface area contributed by atoms with Crippen molar-refractivity contribution in [2.75, 3.05) is 12.4 Å². The topological polar surface area (TPSA) is 108 Å². The van der Waals surface area contributed by atoms with Crippen molar-refractivity contribution in [3.8, 4) is 0 Å². The Bertz CT molecular complexity index is 1300. The Morgan fingerprint density at radius 1 is 1.26 bits per heavy atom. The van der Waals surface area contributed by atoms with E-state index in [0.29, 0.717) is 11.7 Å². The van der Waals surface area contributed by atoms with Gasteiger partial charge in [0.1, 0.15) is 5.69 Å². The molecule has 6 atom stereocenters. The van der Waals surface area contributed by atoms with Crippen LogP contribution in [0.5, 0.6) is 0 Å². The summed E-state index contributed by atoms with van der Waals surface area (Å²) >= 11 is 1.50. The smallest absolute Gasteiger partial charge is 0.277 e. The van der Waals surface area contributed by atoms with E-state index < -0.39 is 6.10 Å². The van der Waals surface area contributed by atoms with Crippen molar-refractivity contribution in [1.82, 2.24) is 19.9 Å². The van der Waals surface area contributed by atoms with Gasteiger partial charge in [-0.2, -0.15) is 0 Å². The number of benzene rings is 1. The largest absolute Gasteiger partial charge is 0.392 e. The second-order valence-corrected chi connectivity index (χ2v) is 12.3. The lowest BCUT2D eigenvalue weighted by Crippen LogP contribution is -2.53. The number of carbonyl (C=O) groups is 2. The van der Waals surface area contributed by atoms with E-state index in [9.17, 15) is 14.7 Å². The minimum atomic E-state index is -0.611. The zero-order valence-electron chi connectivity index (χ0n) is 22.3. The van der Waals surface area contributed by atoms with Gasteiger partial charge in [0.05, 0.1) is 18.0 Å². The normalized spacial score (nSPS) is 27.1. The Morgan fingerprint density at radius 3 is 2.74 bits per heavy atom. The van der Waals surface area contributed by atoms with E-state index in [0.717, 1.165) is 35.4 Å². The van der Waals surface area contributed by atoms with E-state index in [1.807, 2.05) is 44.3 Å². The van der Waals surface area contributed by atoms with Gasteiger partial charge < -0.3 is 10.0 Å². The number of rotatable bonds is 6. The molecule has 2 heterocycles. The second kappa shape index (κ2) is 10.5.